The van der Waals surface area contributed by atoms with Crippen molar-refractivity contribution in [1.82, 2.24) is 0 Å². The number of Topliss-reactive ketones (excluding diaryl/α,β-unsaturated/α-hetero) is 1. The predicted octanol–water partition coefficient (Wildman–Crippen LogP) is 4.33. The average Bonchev–Trinajstić information content (AvgIpc) is 2.74. The molecule has 0 aliphatic carbocycles. The highest BCUT2D eigenvalue weighted by Crippen LogP contribution is 2.22. The lowest BCUT2D eigenvalue weighted by atomic mass is 10.00. The summed E-state index contributed by atoms with van der Waals surface area (Å²) in [6, 6.07) is 5.73. The molecule has 1 aromatic carbocycles. The van der Waals surface area contributed by atoms with Crippen molar-refractivity contribution in [2.75, 3.05) is 6.61 Å². The summed E-state index contributed by atoms with van der Waals surface area (Å²) in [5.74, 6) is -0.592. The van der Waals surface area contributed by atoms with Crippen LogP contribution in [-0.2, 0) is 4.74 Å². The molecule has 0 aliphatic rings. The number of benzene rings is 1. The average molecular weight is 316 g/mol. The minimum atomic E-state index is -0.437. The van der Waals surface area contributed by atoms with Crippen LogP contribution >= 0.6 is 11.3 Å². The van der Waals surface area contributed by atoms with Gasteiger partial charge in [-0.1, -0.05) is 17.7 Å². The Hall–Kier alpha value is -1.94. The quantitative estimate of drug-likeness (QED) is 0.623. The number of carbonyl (C=O) groups is 2. The van der Waals surface area contributed by atoms with Gasteiger partial charge in [-0.2, -0.15) is 0 Å². The van der Waals surface area contributed by atoms with E-state index in [9.17, 15) is 9.59 Å². The van der Waals surface area contributed by atoms with Gasteiger partial charge in [0.2, 0.25) is 5.78 Å². The van der Waals surface area contributed by atoms with Crippen molar-refractivity contribution in [2.24, 2.45) is 0 Å². The van der Waals surface area contributed by atoms with Crippen LogP contribution in [0.1, 0.15) is 47.2 Å². The molecule has 0 unspecified atom stereocenters. The molecular weight excluding hydrogens is 296 g/mol. The number of aryl methyl sites for hydroxylation is 5. The first kappa shape index (κ1) is 16.4. The fraction of sp³-hybridized carbons (Fsp3) is 0.333. The summed E-state index contributed by atoms with van der Waals surface area (Å²) < 4.78 is 5.23. The Morgan fingerprint density at radius 3 is 2.09 bits per heavy atom. The number of thiophene rings is 1. The van der Waals surface area contributed by atoms with Crippen LogP contribution < -0.4 is 0 Å². The van der Waals surface area contributed by atoms with Crippen molar-refractivity contribution in [3.05, 3.63) is 55.8 Å². The molecule has 0 saturated carbocycles. The van der Waals surface area contributed by atoms with Gasteiger partial charge in [0.1, 0.15) is 0 Å². The number of rotatable bonds is 4. The van der Waals surface area contributed by atoms with Gasteiger partial charge in [-0.15, -0.1) is 11.3 Å². The molecule has 4 heteroatoms. The normalized spacial score (nSPS) is 10.6. The van der Waals surface area contributed by atoms with Crippen molar-refractivity contribution in [1.29, 1.82) is 0 Å². The van der Waals surface area contributed by atoms with Crippen LogP contribution in [0.5, 0.6) is 0 Å². The molecule has 3 nitrogen and oxygen atoms in total. The van der Waals surface area contributed by atoms with E-state index in [0.717, 1.165) is 26.4 Å². The van der Waals surface area contributed by atoms with E-state index in [-0.39, 0.29) is 12.4 Å². The molecule has 116 valence electrons. The van der Waals surface area contributed by atoms with E-state index >= 15 is 0 Å². The maximum atomic E-state index is 12.3. The smallest absolute Gasteiger partial charge is 0.339 e. The van der Waals surface area contributed by atoms with Gasteiger partial charge in [-0.25, -0.2) is 4.79 Å². The maximum absolute atomic E-state index is 12.3. The van der Waals surface area contributed by atoms with Crippen LogP contribution in [0.25, 0.3) is 0 Å². The lowest BCUT2D eigenvalue weighted by Gasteiger charge is -2.10. The number of ether oxygens (including phenoxy) is 1. The number of ketones is 1. The van der Waals surface area contributed by atoms with Gasteiger partial charge >= 0.3 is 5.97 Å². The molecule has 0 spiro atoms. The Morgan fingerprint density at radius 2 is 1.59 bits per heavy atom. The highest BCUT2D eigenvalue weighted by molar-refractivity contribution is 7.12. The number of hydrogen-bond acceptors (Lipinski definition) is 4. The van der Waals surface area contributed by atoms with Crippen LogP contribution in [0.3, 0.4) is 0 Å². The lowest BCUT2D eigenvalue weighted by Crippen LogP contribution is -2.16. The monoisotopic (exact) mass is 316 g/mol. The van der Waals surface area contributed by atoms with Crippen LogP contribution in [0.4, 0.5) is 0 Å². The molecule has 0 fully saturated rings. The predicted molar refractivity (Wildman–Crippen MR) is 89.1 cm³/mol. The molecule has 0 amide bonds. The zero-order valence-corrected chi connectivity index (χ0v) is 14.4. The molecule has 1 aromatic heterocycles. The van der Waals surface area contributed by atoms with Gasteiger partial charge in [0.15, 0.2) is 6.61 Å². The summed E-state index contributed by atoms with van der Waals surface area (Å²) in [5.41, 5.74) is 4.05. The zero-order valence-electron chi connectivity index (χ0n) is 13.6. The molecule has 0 saturated heterocycles. The van der Waals surface area contributed by atoms with E-state index in [4.69, 9.17) is 4.74 Å². The fourth-order valence-electron chi connectivity index (χ4n) is 2.69. The van der Waals surface area contributed by atoms with Crippen molar-refractivity contribution in [3.8, 4) is 0 Å². The van der Waals surface area contributed by atoms with E-state index in [1.54, 1.807) is 11.3 Å². The van der Waals surface area contributed by atoms with Crippen LogP contribution in [0, 0.1) is 34.6 Å². The highest BCUT2D eigenvalue weighted by atomic mass is 32.1. The molecule has 0 bridgehead atoms. The van der Waals surface area contributed by atoms with E-state index < -0.39 is 5.97 Å². The Labute approximate surface area is 134 Å². The lowest BCUT2D eigenvalue weighted by molar-refractivity contribution is 0.0473. The first-order valence-corrected chi connectivity index (χ1v) is 7.96. The van der Waals surface area contributed by atoms with Crippen molar-refractivity contribution in [3.63, 3.8) is 0 Å². The molecule has 22 heavy (non-hydrogen) atoms. The summed E-state index contributed by atoms with van der Waals surface area (Å²) in [5, 5.41) is 0. The van der Waals surface area contributed by atoms with E-state index in [1.165, 1.54) is 0 Å². The first-order valence-electron chi connectivity index (χ1n) is 7.14. The number of esters is 1. The van der Waals surface area contributed by atoms with E-state index in [1.807, 2.05) is 52.8 Å². The Kier molecular flexibility index (Phi) is 4.81. The highest BCUT2D eigenvalue weighted by Gasteiger charge is 2.18. The maximum Gasteiger partial charge on any atom is 0.339 e. The largest absolute Gasteiger partial charge is 0.454 e. The summed E-state index contributed by atoms with van der Waals surface area (Å²) in [7, 11) is 0. The molecule has 2 aromatic rings. The number of hydrogen-bond donors (Lipinski definition) is 0. The summed E-state index contributed by atoms with van der Waals surface area (Å²) in [6.07, 6.45) is 0. The third-order valence-electron chi connectivity index (χ3n) is 3.56. The molecule has 0 atom stereocenters. The fourth-order valence-corrected chi connectivity index (χ4v) is 3.63. The van der Waals surface area contributed by atoms with Gasteiger partial charge in [-0.05, 0) is 51.8 Å². The van der Waals surface area contributed by atoms with Gasteiger partial charge in [0.25, 0.3) is 0 Å². The van der Waals surface area contributed by atoms with Crippen molar-refractivity contribution < 1.29 is 14.3 Å². The number of carbonyl (C=O) groups excluding carboxylic acids is 2. The SMILES string of the molecule is Cc1cc(C)c(C(=O)OCC(=O)c2cc(C)sc2C)c(C)c1. The third kappa shape index (κ3) is 3.45. The Balaban J connectivity index is 2.11. The topological polar surface area (TPSA) is 43.4 Å². The van der Waals surface area contributed by atoms with Gasteiger partial charge in [-0.3, -0.25) is 4.79 Å². The Morgan fingerprint density at radius 1 is 1.00 bits per heavy atom. The van der Waals surface area contributed by atoms with Crippen LogP contribution in [0.15, 0.2) is 18.2 Å². The minimum Gasteiger partial charge on any atom is -0.454 e. The molecule has 2 rings (SSSR count). The van der Waals surface area contributed by atoms with Crippen molar-refractivity contribution in [2.45, 2.75) is 34.6 Å². The standard InChI is InChI=1S/C18H20O3S/c1-10-6-11(2)17(12(3)7-10)18(20)21-9-16(19)15-8-13(4)22-14(15)5/h6-8H,9H2,1-5H3. The minimum absolute atomic E-state index is 0.155. The third-order valence-corrected chi connectivity index (χ3v) is 4.52. The summed E-state index contributed by atoms with van der Waals surface area (Å²) >= 11 is 1.57. The first-order chi connectivity index (χ1) is 10.3. The second-order valence-electron chi connectivity index (χ2n) is 5.60. The zero-order chi connectivity index (χ0) is 16.4. The van der Waals surface area contributed by atoms with Crippen LogP contribution in [0.2, 0.25) is 0 Å². The Bertz CT molecular complexity index is 718. The molecule has 0 N–H and O–H groups in total. The van der Waals surface area contributed by atoms with Gasteiger partial charge in [0, 0.05) is 15.3 Å². The molecule has 0 aliphatic heterocycles. The summed E-state index contributed by atoms with van der Waals surface area (Å²) in [4.78, 5) is 26.5. The summed E-state index contributed by atoms with van der Waals surface area (Å²) in [6.45, 7) is 9.39. The second-order valence-corrected chi connectivity index (χ2v) is 7.06. The van der Waals surface area contributed by atoms with E-state index in [0.29, 0.717) is 11.1 Å². The van der Waals surface area contributed by atoms with Crippen molar-refractivity contribution >= 4 is 23.1 Å². The van der Waals surface area contributed by atoms with Gasteiger partial charge < -0.3 is 4.74 Å². The molecular formula is C18H20O3S. The molecule has 0 radical (unpaired) electrons. The van der Waals surface area contributed by atoms with Gasteiger partial charge in [0.05, 0.1) is 5.56 Å². The van der Waals surface area contributed by atoms with Crippen LogP contribution in [-0.4, -0.2) is 18.4 Å². The van der Waals surface area contributed by atoms with E-state index in [2.05, 4.69) is 0 Å². The molecule has 1 heterocycles. The second kappa shape index (κ2) is 6.44.